The van der Waals surface area contributed by atoms with Gasteiger partial charge < -0.3 is 18.8 Å². The van der Waals surface area contributed by atoms with E-state index >= 15 is 0 Å². The van der Waals surface area contributed by atoms with E-state index < -0.39 is 21.8 Å². The molecule has 9 rings (SSSR count). The Morgan fingerprint density at radius 1 is 0.627 bits per heavy atom. The minimum atomic E-state index is -2.18. The fourth-order valence-electron chi connectivity index (χ4n) is 6.22. The van der Waals surface area contributed by atoms with Gasteiger partial charge in [-0.15, -0.1) is 53.6 Å². The Kier molecular flexibility index (Phi) is 7.50. The number of aryl methyl sites for hydroxylation is 2. The summed E-state index contributed by atoms with van der Waals surface area (Å²) >= 11 is 0. The molecular formula is C45H36IrN2O2Si-2. The average Bonchev–Trinajstić information content (AvgIpc) is 3.76. The number of hydrogen-bond acceptors (Lipinski definition) is 4. The second kappa shape index (κ2) is 13.9. The zero-order valence-corrected chi connectivity index (χ0v) is 31.6. The number of rotatable bonds is 4. The van der Waals surface area contributed by atoms with Gasteiger partial charge in [-0.1, -0.05) is 109 Å². The van der Waals surface area contributed by atoms with E-state index in [0.717, 1.165) is 60.7 Å². The SMILES string of the molecule is C[Si](C)(C)c1ccc(-c2ccnc(-c3[c-]ccc4c3oc3c4ccc4c5ccccc5oc43)c2)cc1.[2H]C([2H])([2H])c1c[c-]c(-c2ccc(C([2H])([2H])[2H])cn2)cc1.[Ir]. The van der Waals surface area contributed by atoms with Gasteiger partial charge >= 0.3 is 0 Å². The van der Waals surface area contributed by atoms with Crippen LogP contribution in [-0.4, -0.2) is 18.0 Å². The van der Waals surface area contributed by atoms with Crippen LogP contribution in [0.4, 0.5) is 0 Å². The molecule has 4 heterocycles. The van der Waals surface area contributed by atoms with Crippen molar-refractivity contribution in [2.75, 3.05) is 0 Å². The molecule has 9 aromatic rings. The molecule has 0 N–H and O–H groups in total. The van der Waals surface area contributed by atoms with Crippen LogP contribution < -0.4 is 5.19 Å². The second-order valence-corrected chi connectivity index (χ2v) is 18.4. The third-order valence-corrected chi connectivity index (χ3v) is 11.0. The van der Waals surface area contributed by atoms with E-state index in [0.29, 0.717) is 11.3 Å². The van der Waals surface area contributed by atoms with Gasteiger partial charge in [0.05, 0.1) is 13.7 Å². The van der Waals surface area contributed by atoms with Crippen LogP contribution >= 0.6 is 0 Å². The molecule has 0 spiro atoms. The second-order valence-electron chi connectivity index (χ2n) is 13.3. The van der Waals surface area contributed by atoms with Gasteiger partial charge in [-0.05, 0) is 53.1 Å². The summed E-state index contributed by atoms with van der Waals surface area (Å²) in [5.74, 6) is 0. The zero-order chi connectivity index (χ0) is 39.4. The molecule has 0 saturated heterocycles. The number of nitrogens with zero attached hydrogens (tertiary/aromatic N) is 2. The van der Waals surface area contributed by atoms with Gasteiger partial charge in [-0.2, -0.15) is 0 Å². The molecule has 0 unspecified atom stereocenters. The maximum Gasteiger partial charge on any atom is 0.177 e. The molecular weight excluding hydrogens is 821 g/mol. The van der Waals surface area contributed by atoms with Gasteiger partial charge in [0.25, 0.3) is 0 Å². The van der Waals surface area contributed by atoms with E-state index in [1.807, 2.05) is 30.5 Å². The van der Waals surface area contributed by atoms with Crippen LogP contribution in [0.2, 0.25) is 19.6 Å². The predicted octanol–water partition coefficient (Wildman–Crippen LogP) is 11.7. The zero-order valence-electron chi connectivity index (χ0n) is 34.2. The number of pyridine rings is 2. The van der Waals surface area contributed by atoms with E-state index in [2.05, 4.69) is 97.4 Å². The van der Waals surface area contributed by atoms with Crippen molar-refractivity contribution in [3.63, 3.8) is 0 Å². The normalized spacial score (nSPS) is 13.7. The van der Waals surface area contributed by atoms with E-state index in [1.165, 1.54) is 35.1 Å². The summed E-state index contributed by atoms with van der Waals surface area (Å²) in [6.45, 7) is 2.77. The predicted molar refractivity (Wildman–Crippen MR) is 209 cm³/mol. The van der Waals surface area contributed by atoms with Gasteiger partial charge in [-0.25, -0.2) is 0 Å². The number of hydrogen-bond donors (Lipinski definition) is 0. The molecule has 0 amide bonds. The minimum absolute atomic E-state index is 0. The molecule has 1 radical (unpaired) electrons. The quantitative estimate of drug-likeness (QED) is 0.131. The molecule has 0 aliphatic rings. The Bertz CT molecular complexity index is 2800. The van der Waals surface area contributed by atoms with Gasteiger partial charge in [0.2, 0.25) is 0 Å². The summed E-state index contributed by atoms with van der Waals surface area (Å²) in [5, 5.41) is 5.68. The fraction of sp³-hybridized carbons (Fsp3) is 0.111. The maximum absolute atomic E-state index is 7.28. The van der Waals surface area contributed by atoms with Gasteiger partial charge in [0, 0.05) is 56.9 Å². The summed E-state index contributed by atoms with van der Waals surface area (Å²) in [6, 6.07) is 43.3. The van der Waals surface area contributed by atoms with Crippen molar-refractivity contribution in [2.24, 2.45) is 0 Å². The van der Waals surface area contributed by atoms with Crippen LogP contribution in [0.5, 0.6) is 0 Å². The number of benzene rings is 5. The summed E-state index contributed by atoms with van der Waals surface area (Å²) in [4.78, 5) is 8.78. The molecule has 0 fully saturated rings. The van der Waals surface area contributed by atoms with Crippen LogP contribution in [0.1, 0.15) is 19.4 Å². The first-order valence-electron chi connectivity index (χ1n) is 19.4. The van der Waals surface area contributed by atoms with Crippen LogP contribution in [0, 0.1) is 25.8 Å². The summed E-state index contributed by atoms with van der Waals surface area (Å²) < 4.78 is 56.4. The molecule has 5 aromatic carbocycles. The van der Waals surface area contributed by atoms with Crippen molar-refractivity contribution in [1.29, 1.82) is 0 Å². The first-order chi connectivity index (χ1) is 26.6. The third kappa shape index (κ3) is 6.71. The van der Waals surface area contributed by atoms with Crippen LogP contribution in [0.15, 0.2) is 136 Å². The van der Waals surface area contributed by atoms with E-state index in [-0.39, 0.29) is 31.2 Å². The van der Waals surface area contributed by atoms with E-state index in [1.54, 1.807) is 12.1 Å². The van der Waals surface area contributed by atoms with E-state index in [9.17, 15) is 0 Å². The molecule has 0 aliphatic heterocycles. The van der Waals surface area contributed by atoms with Crippen molar-refractivity contribution in [1.82, 2.24) is 9.97 Å². The first-order valence-corrected chi connectivity index (χ1v) is 19.9. The van der Waals surface area contributed by atoms with Crippen molar-refractivity contribution >= 4 is 57.1 Å². The molecule has 51 heavy (non-hydrogen) atoms. The van der Waals surface area contributed by atoms with Gasteiger partial charge in [0.15, 0.2) is 11.2 Å². The molecule has 4 nitrogen and oxygen atoms in total. The standard InChI is InChI=1S/C32H24NO2Si.C13H12N.Ir/c1-36(2,3)22-13-11-20(12-14-22)21-17-18-33-28(19-21)27-9-6-8-24-26-16-15-25-23-7-4-5-10-29(23)34-31(25)32(26)35-30(24)27;1-10-3-6-12(7-4-10)13-8-5-11(2)9-14-13;/h4-8,10-19H,1-3H3;3-6,8-9H,1-2H3;/q2*-1;/i;1D3,2D3;. The summed E-state index contributed by atoms with van der Waals surface area (Å²) in [6.07, 6.45) is 3.16. The topological polar surface area (TPSA) is 52.1 Å². The summed E-state index contributed by atoms with van der Waals surface area (Å²) in [7, 11) is -1.34. The fourth-order valence-corrected chi connectivity index (χ4v) is 7.39. The van der Waals surface area contributed by atoms with Crippen molar-refractivity contribution in [3.8, 4) is 33.6 Å². The molecule has 4 aromatic heterocycles. The Morgan fingerprint density at radius 3 is 2.10 bits per heavy atom. The van der Waals surface area contributed by atoms with Gasteiger partial charge in [-0.3, -0.25) is 0 Å². The van der Waals surface area contributed by atoms with Crippen LogP contribution in [0.3, 0.4) is 0 Å². The van der Waals surface area contributed by atoms with Gasteiger partial charge in [0.1, 0.15) is 5.58 Å². The Balaban J connectivity index is 0.000000202. The van der Waals surface area contributed by atoms with E-state index in [4.69, 9.17) is 22.0 Å². The first kappa shape index (κ1) is 27.6. The largest absolute Gasteiger partial charge is 0.497 e. The monoisotopic (exact) mass is 863 g/mol. The van der Waals surface area contributed by atoms with Crippen LogP contribution in [0.25, 0.3) is 77.5 Å². The number of para-hydroxylation sites is 1. The number of fused-ring (bicyclic) bond motifs is 7. The van der Waals surface area contributed by atoms with Crippen LogP contribution in [-0.2, 0) is 20.1 Å². The summed E-state index contributed by atoms with van der Waals surface area (Å²) in [5.41, 5.74) is 8.73. The maximum atomic E-state index is 7.28. The molecule has 6 heteroatoms. The minimum Gasteiger partial charge on any atom is -0.497 e. The Hall–Kier alpha value is -5.13. The Morgan fingerprint density at radius 2 is 1.37 bits per heavy atom. The number of aromatic nitrogens is 2. The average molecular weight is 863 g/mol. The third-order valence-electron chi connectivity index (χ3n) is 8.90. The Labute approximate surface area is 321 Å². The molecule has 0 atom stereocenters. The smallest absolute Gasteiger partial charge is 0.177 e. The molecule has 0 saturated carbocycles. The van der Waals surface area contributed by atoms with Crippen molar-refractivity contribution < 1.29 is 37.2 Å². The molecule has 0 aliphatic carbocycles. The van der Waals surface area contributed by atoms with Crippen molar-refractivity contribution in [2.45, 2.75) is 33.3 Å². The molecule has 0 bridgehead atoms. The number of furan rings is 2. The van der Waals surface area contributed by atoms with Crippen molar-refractivity contribution in [3.05, 3.63) is 151 Å². The molecule has 253 valence electrons.